The Bertz CT molecular complexity index is 1180. The zero-order chi connectivity index (χ0) is 20.6. The summed E-state index contributed by atoms with van der Waals surface area (Å²) >= 11 is 7.03. The number of hydrogen-bond acceptors (Lipinski definition) is 7. The van der Waals surface area contributed by atoms with Gasteiger partial charge in [-0.25, -0.2) is 4.79 Å². The highest BCUT2D eigenvalue weighted by atomic mass is 35.5. The van der Waals surface area contributed by atoms with Gasteiger partial charge in [-0.05, 0) is 24.3 Å². The van der Waals surface area contributed by atoms with Crippen LogP contribution in [0.25, 0.3) is 11.4 Å². The van der Waals surface area contributed by atoms with Gasteiger partial charge in [0.25, 0.3) is 5.56 Å². The van der Waals surface area contributed by atoms with Crippen molar-refractivity contribution in [1.82, 2.24) is 23.9 Å². The zero-order valence-corrected chi connectivity index (χ0v) is 16.9. The molecule has 1 aromatic carbocycles. The number of nitrogens with zero attached hydrogens (tertiary/aromatic N) is 5. The first kappa shape index (κ1) is 19.9. The fraction of sp³-hybridized carbons (Fsp3) is 0.235. The molecule has 2 heterocycles. The summed E-state index contributed by atoms with van der Waals surface area (Å²) in [5.41, 5.74) is 5.13. The van der Waals surface area contributed by atoms with Crippen molar-refractivity contribution in [2.45, 2.75) is 5.16 Å². The summed E-state index contributed by atoms with van der Waals surface area (Å²) < 4.78 is 3.67. The van der Waals surface area contributed by atoms with Crippen molar-refractivity contribution < 1.29 is 4.79 Å². The first-order valence-electron chi connectivity index (χ1n) is 8.09. The Labute approximate surface area is 168 Å². The third-order valence-corrected chi connectivity index (χ3v) is 5.53. The molecule has 0 unspecified atom stereocenters. The Hall–Kier alpha value is -2.85. The van der Waals surface area contributed by atoms with E-state index in [9.17, 15) is 14.4 Å². The molecule has 146 valence electrons. The normalized spacial score (nSPS) is 11.0. The highest BCUT2D eigenvalue weighted by Crippen LogP contribution is 2.24. The maximum Gasteiger partial charge on any atom is 0.332 e. The number of carbonyl (C=O) groups excluding carboxylic acids is 1. The van der Waals surface area contributed by atoms with Crippen LogP contribution in [-0.4, -0.2) is 35.4 Å². The molecule has 0 aliphatic heterocycles. The van der Waals surface area contributed by atoms with E-state index in [-0.39, 0.29) is 17.1 Å². The van der Waals surface area contributed by atoms with E-state index in [1.54, 1.807) is 23.7 Å². The SMILES string of the molecule is Cn1c(SCC(=O)c2c(N)n(C)c(=O)n(C)c2=O)nnc1-c1ccc(Cl)cc1. The molecule has 2 N–H and O–H groups in total. The van der Waals surface area contributed by atoms with Crippen molar-refractivity contribution in [1.29, 1.82) is 0 Å². The summed E-state index contributed by atoms with van der Waals surface area (Å²) in [6.45, 7) is 0. The van der Waals surface area contributed by atoms with Crippen LogP contribution in [0.2, 0.25) is 5.02 Å². The van der Waals surface area contributed by atoms with Crippen LogP contribution in [0.5, 0.6) is 0 Å². The number of halogens is 1. The van der Waals surface area contributed by atoms with E-state index < -0.39 is 17.0 Å². The lowest BCUT2D eigenvalue weighted by atomic mass is 10.2. The van der Waals surface area contributed by atoms with E-state index in [2.05, 4.69) is 10.2 Å². The average Bonchev–Trinajstić information content (AvgIpc) is 3.04. The largest absolute Gasteiger partial charge is 0.384 e. The molecular weight excluding hydrogens is 404 g/mol. The van der Waals surface area contributed by atoms with Gasteiger partial charge in [-0.1, -0.05) is 23.4 Å². The molecule has 0 bridgehead atoms. The molecule has 0 atom stereocenters. The first-order chi connectivity index (χ1) is 13.2. The fourth-order valence-electron chi connectivity index (χ4n) is 2.62. The molecule has 11 heteroatoms. The van der Waals surface area contributed by atoms with E-state index >= 15 is 0 Å². The second kappa shape index (κ2) is 7.64. The Morgan fingerprint density at radius 1 is 1.07 bits per heavy atom. The van der Waals surface area contributed by atoms with Crippen LogP contribution in [0.15, 0.2) is 39.0 Å². The number of carbonyl (C=O) groups is 1. The van der Waals surface area contributed by atoms with Gasteiger partial charge in [-0.15, -0.1) is 10.2 Å². The Balaban J connectivity index is 1.84. The lowest BCUT2D eigenvalue weighted by Crippen LogP contribution is -2.41. The number of ketones is 1. The van der Waals surface area contributed by atoms with Gasteiger partial charge in [0.2, 0.25) is 0 Å². The van der Waals surface area contributed by atoms with E-state index in [1.165, 1.54) is 14.1 Å². The van der Waals surface area contributed by atoms with Crippen molar-refractivity contribution >= 4 is 35.0 Å². The van der Waals surface area contributed by atoms with Crippen molar-refractivity contribution in [2.24, 2.45) is 21.1 Å². The Morgan fingerprint density at radius 3 is 2.36 bits per heavy atom. The molecular formula is C17H17ClN6O3S. The quantitative estimate of drug-likeness (QED) is 0.484. The molecule has 0 saturated heterocycles. The van der Waals surface area contributed by atoms with Crippen molar-refractivity contribution in [2.75, 3.05) is 11.5 Å². The second-order valence-electron chi connectivity index (χ2n) is 6.05. The van der Waals surface area contributed by atoms with Gasteiger partial charge in [-0.2, -0.15) is 0 Å². The van der Waals surface area contributed by atoms with Crippen LogP contribution >= 0.6 is 23.4 Å². The van der Waals surface area contributed by atoms with Crippen LogP contribution in [0.4, 0.5) is 5.82 Å². The summed E-state index contributed by atoms with van der Waals surface area (Å²) in [5.74, 6) is -0.109. The van der Waals surface area contributed by atoms with E-state index in [1.807, 2.05) is 12.1 Å². The summed E-state index contributed by atoms with van der Waals surface area (Å²) in [7, 11) is 4.48. The van der Waals surface area contributed by atoms with Gasteiger partial charge in [0, 0.05) is 31.7 Å². The molecule has 3 aromatic rings. The van der Waals surface area contributed by atoms with Crippen molar-refractivity contribution in [3.05, 3.63) is 55.7 Å². The molecule has 0 aliphatic rings. The van der Waals surface area contributed by atoms with Gasteiger partial charge in [0.15, 0.2) is 16.8 Å². The maximum atomic E-state index is 12.6. The zero-order valence-electron chi connectivity index (χ0n) is 15.3. The number of aromatic nitrogens is 5. The van der Waals surface area contributed by atoms with Gasteiger partial charge >= 0.3 is 5.69 Å². The predicted octanol–water partition coefficient (Wildman–Crippen LogP) is 1.09. The van der Waals surface area contributed by atoms with Crippen LogP contribution in [0.3, 0.4) is 0 Å². The summed E-state index contributed by atoms with van der Waals surface area (Å²) in [4.78, 5) is 36.8. The molecule has 0 fully saturated rings. The minimum Gasteiger partial charge on any atom is -0.384 e. The number of benzene rings is 1. The minimum absolute atomic E-state index is 0.0791. The minimum atomic E-state index is -0.717. The summed E-state index contributed by atoms with van der Waals surface area (Å²) in [6, 6.07) is 7.14. The van der Waals surface area contributed by atoms with Crippen LogP contribution in [0, 0.1) is 0 Å². The highest BCUT2D eigenvalue weighted by Gasteiger charge is 2.21. The molecule has 28 heavy (non-hydrogen) atoms. The molecule has 0 spiro atoms. The van der Waals surface area contributed by atoms with Gasteiger partial charge in [-0.3, -0.25) is 18.7 Å². The third kappa shape index (κ3) is 3.48. The molecule has 9 nitrogen and oxygen atoms in total. The number of thioether (sulfide) groups is 1. The topological polar surface area (TPSA) is 118 Å². The molecule has 0 radical (unpaired) electrons. The van der Waals surface area contributed by atoms with E-state index in [4.69, 9.17) is 17.3 Å². The van der Waals surface area contributed by atoms with Crippen molar-refractivity contribution in [3.63, 3.8) is 0 Å². The van der Waals surface area contributed by atoms with Gasteiger partial charge < -0.3 is 10.3 Å². The highest BCUT2D eigenvalue weighted by molar-refractivity contribution is 7.99. The number of Topliss-reactive ketones (excluding diaryl/α,β-unsaturated/α-hetero) is 1. The van der Waals surface area contributed by atoms with Crippen LogP contribution < -0.4 is 17.0 Å². The molecule has 0 saturated carbocycles. The maximum absolute atomic E-state index is 12.6. The average molecular weight is 421 g/mol. The third-order valence-electron chi connectivity index (χ3n) is 4.26. The monoisotopic (exact) mass is 420 g/mol. The summed E-state index contributed by atoms with van der Waals surface area (Å²) in [5, 5.41) is 9.35. The van der Waals surface area contributed by atoms with Crippen LogP contribution in [-0.2, 0) is 21.1 Å². The smallest absolute Gasteiger partial charge is 0.332 e. The standard InChI is InChI=1S/C17H17ClN6O3S/c1-22-13(19)12(15(26)24(3)17(22)27)11(25)8-28-16-21-20-14(23(16)2)9-4-6-10(18)7-5-9/h4-7H,8,19H2,1-3H3. The van der Waals surface area contributed by atoms with Crippen molar-refractivity contribution in [3.8, 4) is 11.4 Å². The number of hydrogen-bond donors (Lipinski definition) is 1. The number of nitrogens with two attached hydrogens (primary N) is 1. The Kier molecular flexibility index (Phi) is 5.43. The van der Waals surface area contributed by atoms with E-state index in [0.29, 0.717) is 16.0 Å². The number of anilines is 1. The molecule has 2 aromatic heterocycles. The lowest BCUT2D eigenvalue weighted by Gasteiger charge is -2.10. The number of nitrogen functional groups attached to an aromatic ring is 1. The second-order valence-corrected chi connectivity index (χ2v) is 7.43. The molecule has 3 rings (SSSR count). The lowest BCUT2D eigenvalue weighted by molar-refractivity contribution is 0.102. The van der Waals surface area contributed by atoms with Gasteiger partial charge in [0.1, 0.15) is 11.4 Å². The van der Waals surface area contributed by atoms with Gasteiger partial charge in [0.05, 0.1) is 5.75 Å². The van der Waals surface area contributed by atoms with Crippen LogP contribution in [0.1, 0.15) is 10.4 Å². The fourth-order valence-corrected chi connectivity index (χ4v) is 3.52. The molecule has 0 amide bonds. The first-order valence-corrected chi connectivity index (χ1v) is 9.45. The van der Waals surface area contributed by atoms with E-state index in [0.717, 1.165) is 26.5 Å². The Morgan fingerprint density at radius 2 is 1.71 bits per heavy atom. The number of rotatable bonds is 5. The molecule has 0 aliphatic carbocycles. The predicted molar refractivity (Wildman–Crippen MR) is 108 cm³/mol. The summed E-state index contributed by atoms with van der Waals surface area (Å²) in [6.07, 6.45) is 0.